The maximum atomic E-state index is 12.7. The Bertz CT molecular complexity index is 514. The van der Waals surface area contributed by atoms with Gasteiger partial charge in [0.05, 0.1) is 5.54 Å². The molecule has 1 amide bonds. The highest BCUT2D eigenvalue weighted by Crippen LogP contribution is 2.28. The monoisotopic (exact) mass is 343 g/mol. The fraction of sp³-hybridized carbons (Fsp3) is 0.812. The van der Waals surface area contributed by atoms with Crippen molar-refractivity contribution in [3.8, 4) is 0 Å². The van der Waals surface area contributed by atoms with E-state index in [0.717, 1.165) is 38.1 Å². The van der Waals surface area contributed by atoms with Gasteiger partial charge < -0.3 is 15.2 Å². The summed E-state index contributed by atoms with van der Waals surface area (Å²) >= 11 is 0. The van der Waals surface area contributed by atoms with Crippen LogP contribution in [0.3, 0.4) is 0 Å². The average Bonchev–Trinajstić information content (AvgIpc) is 2.96. The predicted octanol–water partition coefficient (Wildman–Crippen LogP) is 2.50. The van der Waals surface area contributed by atoms with E-state index in [1.807, 2.05) is 11.8 Å². The summed E-state index contributed by atoms with van der Waals surface area (Å²) in [5.41, 5.74) is 5.46. The third kappa shape index (κ3) is 4.44. The van der Waals surface area contributed by atoms with E-state index >= 15 is 0 Å². The lowest BCUT2D eigenvalue weighted by molar-refractivity contribution is -0.138. The SMILES string of the molecule is CCCC(C)(N)C(=O)N1CCCC(c2nncn2C(C)C)C1.Cl. The number of halogens is 1. The maximum absolute atomic E-state index is 12.7. The van der Waals surface area contributed by atoms with Crippen LogP contribution in [0.5, 0.6) is 0 Å². The molecule has 0 aliphatic carbocycles. The molecule has 0 saturated carbocycles. The van der Waals surface area contributed by atoms with E-state index in [1.165, 1.54) is 0 Å². The van der Waals surface area contributed by atoms with Gasteiger partial charge >= 0.3 is 0 Å². The number of piperidine rings is 1. The lowest BCUT2D eigenvalue weighted by atomic mass is 9.91. The lowest BCUT2D eigenvalue weighted by Crippen LogP contribution is -2.55. The number of carbonyl (C=O) groups excluding carboxylic acids is 1. The molecule has 1 aromatic heterocycles. The Hall–Kier alpha value is -1.14. The van der Waals surface area contributed by atoms with Crippen LogP contribution in [0.2, 0.25) is 0 Å². The number of carbonyl (C=O) groups is 1. The normalized spacial score (nSPS) is 21.0. The number of aromatic nitrogens is 3. The molecule has 1 aliphatic heterocycles. The third-order valence-corrected chi connectivity index (χ3v) is 4.49. The molecule has 7 heteroatoms. The van der Waals surface area contributed by atoms with Crippen LogP contribution in [0.1, 0.15) is 71.2 Å². The molecule has 2 N–H and O–H groups in total. The van der Waals surface area contributed by atoms with Crippen LogP contribution in [-0.2, 0) is 4.79 Å². The highest BCUT2D eigenvalue weighted by atomic mass is 35.5. The van der Waals surface area contributed by atoms with E-state index in [-0.39, 0.29) is 24.2 Å². The summed E-state index contributed by atoms with van der Waals surface area (Å²) in [4.78, 5) is 14.6. The quantitative estimate of drug-likeness (QED) is 0.891. The molecule has 1 aliphatic rings. The molecule has 0 bridgehead atoms. The van der Waals surface area contributed by atoms with Crippen molar-refractivity contribution in [1.29, 1.82) is 0 Å². The molecule has 1 aromatic rings. The summed E-state index contributed by atoms with van der Waals surface area (Å²) in [6.45, 7) is 9.64. The van der Waals surface area contributed by atoms with Gasteiger partial charge in [-0.05, 0) is 40.0 Å². The number of nitrogens with zero attached hydrogens (tertiary/aromatic N) is 4. The molecule has 2 unspecified atom stereocenters. The first-order chi connectivity index (χ1) is 10.4. The number of amides is 1. The van der Waals surface area contributed by atoms with Crippen LogP contribution < -0.4 is 5.73 Å². The van der Waals surface area contributed by atoms with Crippen molar-refractivity contribution in [2.75, 3.05) is 13.1 Å². The topological polar surface area (TPSA) is 77.0 Å². The molecule has 23 heavy (non-hydrogen) atoms. The molecular formula is C16H30ClN5O. The summed E-state index contributed by atoms with van der Waals surface area (Å²) in [5.74, 6) is 1.30. The summed E-state index contributed by atoms with van der Waals surface area (Å²) in [6, 6.07) is 0.330. The molecule has 0 radical (unpaired) electrons. The van der Waals surface area contributed by atoms with Crippen molar-refractivity contribution in [2.24, 2.45) is 5.73 Å². The Morgan fingerprint density at radius 2 is 2.22 bits per heavy atom. The van der Waals surface area contributed by atoms with Gasteiger partial charge in [0, 0.05) is 25.0 Å². The Morgan fingerprint density at radius 1 is 1.52 bits per heavy atom. The zero-order chi connectivity index (χ0) is 16.3. The third-order valence-electron chi connectivity index (χ3n) is 4.49. The van der Waals surface area contributed by atoms with Crippen molar-refractivity contribution in [3.05, 3.63) is 12.2 Å². The van der Waals surface area contributed by atoms with Gasteiger partial charge in [-0.1, -0.05) is 13.3 Å². The molecule has 2 rings (SSSR count). The fourth-order valence-corrected chi connectivity index (χ4v) is 3.30. The van der Waals surface area contributed by atoms with E-state index in [2.05, 4.69) is 35.5 Å². The summed E-state index contributed by atoms with van der Waals surface area (Å²) in [7, 11) is 0. The molecule has 1 fully saturated rings. The van der Waals surface area contributed by atoms with Crippen LogP contribution in [-0.4, -0.2) is 44.2 Å². The van der Waals surface area contributed by atoms with E-state index in [4.69, 9.17) is 5.73 Å². The minimum absolute atomic E-state index is 0. The summed E-state index contributed by atoms with van der Waals surface area (Å²) in [5, 5.41) is 8.35. The van der Waals surface area contributed by atoms with Crippen LogP contribution in [0.4, 0.5) is 0 Å². The maximum Gasteiger partial charge on any atom is 0.242 e. The van der Waals surface area contributed by atoms with Gasteiger partial charge in [0.25, 0.3) is 0 Å². The van der Waals surface area contributed by atoms with Gasteiger partial charge in [0.15, 0.2) is 0 Å². The van der Waals surface area contributed by atoms with Crippen molar-refractivity contribution >= 4 is 18.3 Å². The molecular weight excluding hydrogens is 314 g/mol. The van der Waals surface area contributed by atoms with Crippen LogP contribution in [0.15, 0.2) is 6.33 Å². The largest absolute Gasteiger partial charge is 0.340 e. The molecule has 1 saturated heterocycles. The fourth-order valence-electron chi connectivity index (χ4n) is 3.30. The lowest BCUT2D eigenvalue weighted by Gasteiger charge is -2.37. The van der Waals surface area contributed by atoms with E-state index in [9.17, 15) is 4.79 Å². The summed E-state index contributed by atoms with van der Waals surface area (Å²) < 4.78 is 2.10. The number of likely N-dealkylation sites (tertiary alicyclic amines) is 1. The average molecular weight is 344 g/mol. The number of hydrogen-bond acceptors (Lipinski definition) is 4. The van der Waals surface area contributed by atoms with Gasteiger partial charge in [0.1, 0.15) is 12.2 Å². The van der Waals surface area contributed by atoms with E-state index < -0.39 is 5.54 Å². The van der Waals surface area contributed by atoms with Crippen molar-refractivity contribution in [3.63, 3.8) is 0 Å². The standard InChI is InChI=1S/C16H29N5O.ClH/c1-5-8-16(4,17)15(22)20-9-6-7-13(10-20)14-19-18-11-21(14)12(2)3;/h11-13H,5-10,17H2,1-4H3;1H. The molecule has 132 valence electrons. The highest BCUT2D eigenvalue weighted by molar-refractivity contribution is 5.86. The summed E-state index contributed by atoms with van der Waals surface area (Å²) in [6.07, 6.45) is 5.45. The minimum Gasteiger partial charge on any atom is -0.340 e. The van der Waals surface area contributed by atoms with Gasteiger partial charge in [-0.2, -0.15) is 0 Å². The zero-order valence-electron chi connectivity index (χ0n) is 14.7. The Balaban J connectivity index is 0.00000264. The van der Waals surface area contributed by atoms with Crippen molar-refractivity contribution < 1.29 is 4.79 Å². The number of rotatable bonds is 5. The van der Waals surface area contributed by atoms with Crippen molar-refractivity contribution in [1.82, 2.24) is 19.7 Å². The first kappa shape index (κ1) is 19.9. The Labute approximate surface area is 145 Å². The van der Waals surface area contributed by atoms with Gasteiger partial charge in [0.2, 0.25) is 5.91 Å². The first-order valence-electron chi connectivity index (χ1n) is 8.34. The second kappa shape index (κ2) is 8.11. The molecule has 2 heterocycles. The van der Waals surface area contributed by atoms with Crippen LogP contribution in [0, 0.1) is 0 Å². The minimum atomic E-state index is -0.762. The molecule has 6 nitrogen and oxygen atoms in total. The van der Waals surface area contributed by atoms with Crippen LogP contribution in [0.25, 0.3) is 0 Å². The van der Waals surface area contributed by atoms with Gasteiger partial charge in [-0.25, -0.2) is 0 Å². The second-order valence-electron chi connectivity index (χ2n) is 6.95. The second-order valence-corrected chi connectivity index (χ2v) is 6.95. The smallest absolute Gasteiger partial charge is 0.242 e. The zero-order valence-corrected chi connectivity index (χ0v) is 15.5. The molecule has 0 aromatic carbocycles. The Kier molecular flexibility index (Phi) is 7.02. The van der Waals surface area contributed by atoms with Crippen LogP contribution >= 0.6 is 12.4 Å². The highest BCUT2D eigenvalue weighted by Gasteiger charge is 2.35. The molecule has 0 spiro atoms. The van der Waals surface area contributed by atoms with Gasteiger partial charge in [-0.15, -0.1) is 22.6 Å². The van der Waals surface area contributed by atoms with E-state index in [1.54, 1.807) is 6.33 Å². The van der Waals surface area contributed by atoms with Crippen molar-refractivity contribution in [2.45, 2.75) is 70.9 Å². The molecule has 2 atom stereocenters. The first-order valence-corrected chi connectivity index (χ1v) is 8.34. The number of hydrogen-bond donors (Lipinski definition) is 1. The predicted molar refractivity (Wildman–Crippen MR) is 93.7 cm³/mol. The van der Waals surface area contributed by atoms with E-state index in [0.29, 0.717) is 12.6 Å². The number of nitrogens with two attached hydrogens (primary N) is 1. The van der Waals surface area contributed by atoms with Gasteiger partial charge in [-0.3, -0.25) is 4.79 Å². The Morgan fingerprint density at radius 3 is 2.83 bits per heavy atom.